The zero-order valence-electron chi connectivity index (χ0n) is 18.1. The molecule has 2 N–H and O–H groups in total. The van der Waals surface area contributed by atoms with Crippen LogP contribution in [0.1, 0.15) is 36.2 Å². The molecule has 0 spiro atoms. The SMILES string of the molecule is CNC(=O)OC.O=C(Nc1ccnc(Br)c1F)N1CCc2nn3c(c2C1)C(F)(F)CCCC3. The minimum Gasteiger partial charge on any atom is -0.453 e. The Hall–Kier alpha value is -2.83. The second-order valence-electron chi connectivity index (χ2n) is 7.47. The van der Waals surface area contributed by atoms with E-state index in [4.69, 9.17) is 0 Å². The quantitative estimate of drug-likeness (QED) is 0.540. The first kappa shape index (κ1) is 24.8. The lowest BCUT2D eigenvalue weighted by molar-refractivity contribution is -0.0203. The summed E-state index contributed by atoms with van der Waals surface area (Å²) in [5.74, 6) is -3.65. The van der Waals surface area contributed by atoms with E-state index in [1.807, 2.05) is 0 Å². The largest absolute Gasteiger partial charge is 0.453 e. The van der Waals surface area contributed by atoms with E-state index < -0.39 is 23.9 Å². The number of rotatable bonds is 1. The highest BCUT2D eigenvalue weighted by molar-refractivity contribution is 9.10. The van der Waals surface area contributed by atoms with Crippen LogP contribution >= 0.6 is 15.9 Å². The van der Waals surface area contributed by atoms with Gasteiger partial charge in [-0.15, -0.1) is 0 Å². The van der Waals surface area contributed by atoms with E-state index in [-0.39, 0.29) is 29.0 Å². The molecule has 4 heterocycles. The molecule has 0 radical (unpaired) electrons. The first-order valence-corrected chi connectivity index (χ1v) is 11.1. The summed E-state index contributed by atoms with van der Waals surface area (Å²) < 4.78 is 48.8. The Bertz CT molecular complexity index is 1030. The molecule has 180 valence electrons. The lowest BCUT2D eigenvalue weighted by Crippen LogP contribution is -2.39. The molecule has 0 saturated carbocycles. The number of hydrogen-bond acceptors (Lipinski definition) is 5. The Balaban J connectivity index is 0.000000454. The maximum atomic E-state index is 14.6. The summed E-state index contributed by atoms with van der Waals surface area (Å²) in [6.45, 7) is 0.815. The lowest BCUT2D eigenvalue weighted by atomic mass is 10.00. The van der Waals surface area contributed by atoms with Gasteiger partial charge in [0.05, 0.1) is 25.0 Å². The van der Waals surface area contributed by atoms with Gasteiger partial charge in [-0.05, 0) is 34.8 Å². The number of methoxy groups -OCH3 is 1. The summed E-state index contributed by atoms with van der Waals surface area (Å²) in [5.41, 5.74) is 0.935. The van der Waals surface area contributed by atoms with Crippen molar-refractivity contribution < 1.29 is 27.5 Å². The second-order valence-corrected chi connectivity index (χ2v) is 8.22. The Labute approximate surface area is 196 Å². The summed E-state index contributed by atoms with van der Waals surface area (Å²) in [6, 6.07) is 0.794. The van der Waals surface area contributed by atoms with Crippen LogP contribution < -0.4 is 10.6 Å². The molecular formula is C20H24BrF3N6O3. The van der Waals surface area contributed by atoms with Crippen LogP contribution in [-0.4, -0.2) is 52.5 Å². The Morgan fingerprint density at radius 2 is 2.03 bits per heavy atom. The minimum atomic E-state index is -2.96. The van der Waals surface area contributed by atoms with E-state index in [0.29, 0.717) is 43.6 Å². The maximum Gasteiger partial charge on any atom is 0.406 e. The summed E-state index contributed by atoms with van der Waals surface area (Å²) >= 11 is 2.96. The normalized spacial score (nSPS) is 16.4. The number of fused-ring (bicyclic) bond motifs is 3. The van der Waals surface area contributed by atoms with Gasteiger partial charge in [0.15, 0.2) is 5.82 Å². The Kier molecular flexibility index (Phi) is 7.82. The first-order valence-electron chi connectivity index (χ1n) is 10.3. The average molecular weight is 533 g/mol. The summed E-state index contributed by atoms with van der Waals surface area (Å²) in [6.07, 6.45) is 2.22. The predicted octanol–water partition coefficient (Wildman–Crippen LogP) is 4.02. The predicted molar refractivity (Wildman–Crippen MR) is 116 cm³/mol. The fourth-order valence-electron chi connectivity index (χ4n) is 3.71. The number of aromatic nitrogens is 3. The van der Waals surface area contributed by atoms with Crippen molar-refractivity contribution >= 4 is 33.7 Å². The van der Waals surface area contributed by atoms with Crippen molar-refractivity contribution in [2.45, 2.75) is 44.7 Å². The molecule has 0 saturated heterocycles. The van der Waals surface area contributed by atoms with Gasteiger partial charge < -0.3 is 20.3 Å². The Morgan fingerprint density at radius 3 is 2.70 bits per heavy atom. The number of nitrogens with one attached hydrogen (secondary N) is 2. The monoisotopic (exact) mass is 532 g/mol. The number of pyridine rings is 1. The molecule has 0 atom stereocenters. The van der Waals surface area contributed by atoms with Crippen molar-refractivity contribution in [3.8, 4) is 0 Å². The molecule has 0 aromatic carbocycles. The molecular weight excluding hydrogens is 509 g/mol. The van der Waals surface area contributed by atoms with Crippen LogP contribution in [-0.2, 0) is 30.2 Å². The van der Waals surface area contributed by atoms with Crippen molar-refractivity contribution in [3.05, 3.63) is 39.6 Å². The van der Waals surface area contributed by atoms with E-state index in [9.17, 15) is 22.8 Å². The summed E-state index contributed by atoms with van der Waals surface area (Å²) in [4.78, 5) is 27.5. The van der Waals surface area contributed by atoms with Crippen LogP contribution in [0.25, 0.3) is 0 Å². The zero-order chi connectivity index (χ0) is 24.2. The summed E-state index contributed by atoms with van der Waals surface area (Å²) in [5, 5.41) is 9.09. The number of hydrogen-bond donors (Lipinski definition) is 2. The molecule has 4 rings (SSSR count). The van der Waals surface area contributed by atoms with Crippen LogP contribution in [0.15, 0.2) is 16.9 Å². The third kappa shape index (κ3) is 5.57. The van der Waals surface area contributed by atoms with Crippen molar-refractivity contribution in [3.63, 3.8) is 0 Å². The van der Waals surface area contributed by atoms with Gasteiger partial charge in [0, 0.05) is 44.7 Å². The number of alkyl halides is 2. The highest BCUT2D eigenvalue weighted by Crippen LogP contribution is 2.40. The maximum absolute atomic E-state index is 14.6. The average Bonchev–Trinajstić information content (AvgIpc) is 3.10. The lowest BCUT2D eigenvalue weighted by Gasteiger charge is -2.28. The fraction of sp³-hybridized carbons (Fsp3) is 0.500. The fourth-order valence-corrected chi connectivity index (χ4v) is 4.04. The topological polar surface area (TPSA) is 101 Å². The highest BCUT2D eigenvalue weighted by Gasteiger charge is 2.42. The van der Waals surface area contributed by atoms with E-state index in [2.05, 4.69) is 41.4 Å². The molecule has 0 aliphatic carbocycles. The number of carbonyl (C=O) groups excluding carboxylic acids is 2. The van der Waals surface area contributed by atoms with Crippen molar-refractivity contribution in [2.75, 3.05) is 26.0 Å². The zero-order valence-corrected chi connectivity index (χ0v) is 19.7. The third-order valence-electron chi connectivity index (χ3n) is 5.32. The van der Waals surface area contributed by atoms with Gasteiger partial charge >= 0.3 is 12.1 Å². The van der Waals surface area contributed by atoms with Crippen LogP contribution in [0.5, 0.6) is 0 Å². The number of anilines is 1. The Morgan fingerprint density at radius 1 is 1.27 bits per heavy atom. The molecule has 0 unspecified atom stereocenters. The minimum absolute atomic E-state index is 0.0113. The molecule has 13 heteroatoms. The van der Waals surface area contributed by atoms with E-state index >= 15 is 0 Å². The van der Waals surface area contributed by atoms with Crippen LogP contribution in [0, 0.1) is 5.82 Å². The molecule has 0 fully saturated rings. The van der Waals surface area contributed by atoms with Gasteiger partial charge in [-0.2, -0.15) is 13.9 Å². The van der Waals surface area contributed by atoms with Gasteiger partial charge in [0.2, 0.25) is 0 Å². The van der Waals surface area contributed by atoms with Crippen LogP contribution in [0.4, 0.5) is 28.4 Å². The molecule has 0 bridgehead atoms. The van der Waals surface area contributed by atoms with Gasteiger partial charge in [-0.1, -0.05) is 0 Å². The number of urea groups is 1. The standard InChI is InChI=1S/C17H17BrF3N5O.C3H7NO2/c18-15-13(19)12(3-6-22-15)23-16(27)25-8-4-11-10(9-25)14-17(20,21)5-1-2-7-26(14)24-11;1-4-3(5)6-2/h3,6H,1-2,4-5,7-9H2,(H,22,23,27);1-2H3,(H,4,5). The molecule has 2 aromatic heterocycles. The number of carbonyl (C=O) groups is 2. The van der Waals surface area contributed by atoms with Crippen LogP contribution in [0.3, 0.4) is 0 Å². The van der Waals surface area contributed by atoms with Gasteiger partial charge in [-0.3, -0.25) is 4.68 Å². The first-order chi connectivity index (χ1) is 15.7. The molecule has 3 amide bonds. The van der Waals surface area contributed by atoms with Crippen molar-refractivity contribution in [1.29, 1.82) is 0 Å². The number of alkyl carbamates (subject to hydrolysis) is 1. The van der Waals surface area contributed by atoms with Crippen molar-refractivity contribution in [1.82, 2.24) is 25.0 Å². The van der Waals surface area contributed by atoms with Crippen molar-refractivity contribution in [2.24, 2.45) is 0 Å². The van der Waals surface area contributed by atoms with Gasteiger partial charge in [0.1, 0.15) is 10.3 Å². The molecule has 9 nitrogen and oxygen atoms in total. The number of amides is 3. The number of ether oxygens (including phenoxy) is 1. The highest BCUT2D eigenvalue weighted by atomic mass is 79.9. The molecule has 33 heavy (non-hydrogen) atoms. The number of halogens is 4. The molecule has 2 aliphatic rings. The van der Waals surface area contributed by atoms with E-state index in [0.717, 1.165) is 0 Å². The smallest absolute Gasteiger partial charge is 0.406 e. The number of aryl methyl sites for hydroxylation is 1. The molecule has 2 aliphatic heterocycles. The number of nitrogens with zero attached hydrogens (tertiary/aromatic N) is 4. The van der Waals surface area contributed by atoms with E-state index in [1.165, 1.54) is 36.0 Å². The van der Waals surface area contributed by atoms with Gasteiger partial charge in [0.25, 0.3) is 5.92 Å². The van der Waals surface area contributed by atoms with E-state index in [1.54, 1.807) is 0 Å². The van der Waals surface area contributed by atoms with Crippen LogP contribution in [0.2, 0.25) is 0 Å². The summed E-state index contributed by atoms with van der Waals surface area (Å²) in [7, 11) is 2.82. The van der Waals surface area contributed by atoms with Gasteiger partial charge in [-0.25, -0.2) is 19.0 Å². The second kappa shape index (κ2) is 10.4. The molecule has 2 aromatic rings. The third-order valence-corrected chi connectivity index (χ3v) is 5.88.